The lowest BCUT2D eigenvalue weighted by Crippen LogP contribution is -2.45. The van der Waals surface area contributed by atoms with Gasteiger partial charge in [0.05, 0.1) is 4.90 Å². The molecule has 1 saturated heterocycles. The van der Waals surface area contributed by atoms with Crippen LogP contribution in [0.3, 0.4) is 0 Å². The van der Waals surface area contributed by atoms with Crippen molar-refractivity contribution in [3.63, 3.8) is 0 Å². The van der Waals surface area contributed by atoms with E-state index < -0.39 is 15.6 Å². The number of sulfone groups is 1. The number of benzene rings is 1. The van der Waals surface area contributed by atoms with Crippen LogP contribution < -0.4 is 5.32 Å². The zero-order chi connectivity index (χ0) is 15.5. The third-order valence-corrected chi connectivity index (χ3v) is 5.61. The van der Waals surface area contributed by atoms with Crippen molar-refractivity contribution in [2.75, 3.05) is 25.9 Å². The molecule has 0 atom stereocenters. The Morgan fingerprint density at radius 1 is 1.27 bits per heavy atom. The normalized spacial score (nSPS) is 16.2. The van der Waals surface area contributed by atoms with E-state index in [2.05, 4.69) is 5.32 Å². The summed E-state index contributed by atoms with van der Waals surface area (Å²) in [6, 6.07) is 6.28. The molecule has 1 amide bonds. The van der Waals surface area contributed by atoms with Crippen LogP contribution in [0.5, 0.6) is 0 Å². The number of amides is 1. The molecule has 0 bridgehead atoms. The Kier molecular flexibility index (Phi) is 7.12. The van der Waals surface area contributed by atoms with E-state index in [1.54, 1.807) is 4.90 Å². The van der Waals surface area contributed by atoms with Gasteiger partial charge in [-0.1, -0.05) is 11.6 Å². The molecule has 8 heteroatoms. The van der Waals surface area contributed by atoms with Crippen molar-refractivity contribution >= 4 is 39.8 Å². The van der Waals surface area contributed by atoms with Gasteiger partial charge in [-0.3, -0.25) is 4.79 Å². The smallest absolute Gasteiger partial charge is 0.238 e. The van der Waals surface area contributed by atoms with Crippen LogP contribution in [0.2, 0.25) is 5.02 Å². The summed E-state index contributed by atoms with van der Waals surface area (Å²) in [5.41, 5.74) is 0. The van der Waals surface area contributed by atoms with Gasteiger partial charge in [-0.25, -0.2) is 8.42 Å². The molecule has 0 radical (unpaired) electrons. The summed E-state index contributed by atoms with van der Waals surface area (Å²) in [5.74, 6) is -0.821. The molecule has 0 aromatic heterocycles. The number of halogens is 2. The highest BCUT2D eigenvalue weighted by molar-refractivity contribution is 7.92. The average Bonchev–Trinajstić information content (AvgIpc) is 2.47. The Hall–Kier alpha value is -0.820. The minimum absolute atomic E-state index is 0. The fourth-order valence-electron chi connectivity index (χ4n) is 2.40. The number of rotatable bonds is 4. The van der Waals surface area contributed by atoms with Gasteiger partial charge in [-0.15, -0.1) is 12.4 Å². The predicted octanol–water partition coefficient (Wildman–Crippen LogP) is 1.75. The van der Waals surface area contributed by atoms with Gasteiger partial charge in [-0.05, 0) is 44.2 Å². The Balaban J connectivity index is 0.00000242. The first-order valence-electron chi connectivity index (χ1n) is 6.86. The highest BCUT2D eigenvalue weighted by atomic mass is 35.5. The van der Waals surface area contributed by atoms with Gasteiger partial charge in [0.15, 0.2) is 9.84 Å². The van der Waals surface area contributed by atoms with Crippen LogP contribution >= 0.6 is 24.0 Å². The van der Waals surface area contributed by atoms with Crippen LogP contribution in [-0.4, -0.2) is 51.2 Å². The second kappa shape index (κ2) is 8.15. The number of nitrogens with one attached hydrogen (secondary N) is 1. The standard InChI is InChI=1S/C14H19ClN2O3S.ClH/c1-16-12-6-8-17(9-7-12)14(18)10-21(19,20)13-4-2-11(15)3-5-13;/h2-5,12,16H,6-10H2,1H3;1H. The molecule has 1 aromatic rings. The Labute approximate surface area is 142 Å². The van der Waals surface area contributed by atoms with E-state index in [1.807, 2.05) is 7.05 Å². The number of hydrogen-bond donors (Lipinski definition) is 1. The molecule has 1 aliphatic rings. The van der Waals surface area contributed by atoms with Gasteiger partial charge in [0, 0.05) is 24.2 Å². The molecule has 0 aliphatic carbocycles. The number of hydrogen-bond acceptors (Lipinski definition) is 4. The minimum Gasteiger partial charge on any atom is -0.342 e. The minimum atomic E-state index is -3.61. The summed E-state index contributed by atoms with van der Waals surface area (Å²) < 4.78 is 24.4. The molecule has 5 nitrogen and oxygen atoms in total. The molecule has 124 valence electrons. The summed E-state index contributed by atoms with van der Waals surface area (Å²) in [4.78, 5) is 13.9. The van der Waals surface area contributed by atoms with E-state index in [0.29, 0.717) is 24.2 Å². The van der Waals surface area contributed by atoms with Crippen LogP contribution in [-0.2, 0) is 14.6 Å². The summed E-state index contributed by atoms with van der Waals surface area (Å²) in [7, 11) is -1.71. The summed E-state index contributed by atoms with van der Waals surface area (Å²) >= 11 is 5.74. The number of likely N-dealkylation sites (tertiary alicyclic amines) is 1. The second-order valence-electron chi connectivity index (χ2n) is 5.16. The maximum absolute atomic E-state index is 12.2. The number of carbonyl (C=O) groups is 1. The second-order valence-corrected chi connectivity index (χ2v) is 7.58. The van der Waals surface area contributed by atoms with E-state index in [-0.39, 0.29) is 23.2 Å². The van der Waals surface area contributed by atoms with E-state index in [4.69, 9.17) is 11.6 Å². The summed E-state index contributed by atoms with van der Waals surface area (Å²) in [6.07, 6.45) is 1.70. The van der Waals surface area contributed by atoms with Crippen molar-refractivity contribution in [3.8, 4) is 0 Å². The lowest BCUT2D eigenvalue weighted by atomic mass is 10.1. The predicted molar refractivity (Wildman–Crippen MR) is 89.4 cm³/mol. The molecule has 1 fully saturated rings. The van der Waals surface area contributed by atoms with E-state index >= 15 is 0 Å². The van der Waals surface area contributed by atoms with Gasteiger partial charge in [0.2, 0.25) is 5.91 Å². The third-order valence-electron chi connectivity index (χ3n) is 3.74. The van der Waals surface area contributed by atoms with Crippen molar-refractivity contribution < 1.29 is 13.2 Å². The number of piperidine rings is 1. The molecule has 0 saturated carbocycles. The number of nitrogens with zero attached hydrogens (tertiary/aromatic N) is 1. The first-order chi connectivity index (χ1) is 9.92. The maximum Gasteiger partial charge on any atom is 0.238 e. The van der Waals surface area contributed by atoms with E-state index in [0.717, 1.165) is 12.8 Å². The Bertz CT molecular complexity index is 597. The van der Waals surface area contributed by atoms with Crippen LogP contribution in [0.15, 0.2) is 29.2 Å². The van der Waals surface area contributed by atoms with E-state index in [1.165, 1.54) is 24.3 Å². The maximum atomic E-state index is 12.2. The molecule has 0 spiro atoms. The first kappa shape index (κ1) is 19.2. The van der Waals surface area contributed by atoms with Crippen LogP contribution in [0, 0.1) is 0 Å². The summed E-state index contributed by atoms with van der Waals surface area (Å²) in [5, 5.41) is 3.64. The fourth-order valence-corrected chi connectivity index (χ4v) is 3.75. The van der Waals surface area contributed by atoms with Crippen LogP contribution in [0.4, 0.5) is 0 Å². The zero-order valence-corrected chi connectivity index (χ0v) is 14.7. The quantitative estimate of drug-likeness (QED) is 0.881. The summed E-state index contributed by atoms with van der Waals surface area (Å²) in [6.45, 7) is 1.20. The van der Waals surface area contributed by atoms with Crippen molar-refractivity contribution in [2.24, 2.45) is 0 Å². The Morgan fingerprint density at radius 2 is 1.82 bits per heavy atom. The topological polar surface area (TPSA) is 66.5 Å². The largest absolute Gasteiger partial charge is 0.342 e. The molecule has 2 rings (SSSR count). The van der Waals surface area contributed by atoms with Gasteiger partial charge >= 0.3 is 0 Å². The van der Waals surface area contributed by atoms with Crippen molar-refractivity contribution in [1.29, 1.82) is 0 Å². The molecule has 1 aliphatic heterocycles. The first-order valence-corrected chi connectivity index (χ1v) is 8.89. The monoisotopic (exact) mass is 366 g/mol. The number of carbonyl (C=O) groups excluding carboxylic acids is 1. The third kappa shape index (κ3) is 4.84. The molecule has 1 aromatic carbocycles. The average molecular weight is 367 g/mol. The lowest BCUT2D eigenvalue weighted by Gasteiger charge is -2.31. The van der Waals surface area contributed by atoms with Crippen LogP contribution in [0.25, 0.3) is 0 Å². The van der Waals surface area contributed by atoms with Crippen LogP contribution in [0.1, 0.15) is 12.8 Å². The van der Waals surface area contributed by atoms with Gasteiger partial charge in [-0.2, -0.15) is 0 Å². The van der Waals surface area contributed by atoms with Gasteiger partial charge in [0.25, 0.3) is 0 Å². The fraction of sp³-hybridized carbons (Fsp3) is 0.500. The molecule has 22 heavy (non-hydrogen) atoms. The molecular formula is C14H20Cl2N2O3S. The zero-order valence-electron chi connectivity index (χ0n) is 12.3. The van der Waals surface area contributed by atoms with Crippen molar-refractivity contribution in [1.82, 2.24) is 10.2 Å². The lowest BCUT2D eigenvalue weighted by molar-refractivity contribution is -0.129. The highest BCUT2D eigenvalue weighted by Crippen LogP contribution is 2.17. The molecule has 1 heterocycles. The Morgan fingerprint density at radius 3 is 2.32 bits per heavy atom. The highest BCUT2D eigenvalue weighted by Gasteiger charge is 2.26. The van der Waals surface area contributed by atoms with Gasteiger partial charge in [0.1, 0.15) is 5.75 Å². The molecule has 1 N–H and O–H groups in total. The van der Waals surface area contributed by atoms with Crippen molar-refractivity contribution in [2.45, 2.75) is 23.8 Å². The molecule has 0 unspecified atom stereocenters. The van der Waals surface area contributed by atoms with Crippen molar-refractivity contribution in [3.05, 3.63) is 29.3 Å². The molecular weight excluding hydrogens is 347 g/mol. The SMILES string of the molecule is CNC1CCN(C(=O)CS(=O)(=O)c2ccc(Cl)cc2)CC1.Cl. The van der Waals surface area contributed by atoms with E-state index in [9.17, 15) is 13.2 Å². The van der Waals surface area contributed by atoms with Gasteiger partial charge < -0.3 is 10.2 Å².